The first-order chi connectivity index (χ1) is 15.7. The molecule has 1 fully saturated rings. The molecule has 34 heavy (non-hydrogen) atoms. The molecule has 0 spiro atoms. The van der Waals surface area contributed by atoms with Gasteiger partial charge in [-0.1, -0.05) is 13.8 Å². The standard InChI is InChI=1S/C24H29N7O2.K.H/c1-24(2)13-15-14-25-23(27-19(15)21-18(24)20(22(32)33)28-30(21)4)26-16-5-7-17(8-6-16)31-11-9-29(3)10-12-31;;/h5-8,14H,9-13H2,1-4H3,(H,32,33)(H,25,26,27);;. The average Bonchev–Trinajstić information content (AvgIpc) is 3.14. The number of nitrogens with zero attached hydrogens (tertiary/aromatic N) is 6. The number of fused-ring (bicyclic) bond motifs is 3. The fourth-order valence-corrected chi connectivity index (χ4v) is 4.90. The van der Waals surface area contributed by atoms with Crippen LogP contribution in [0.4, 0.5) is 17.3 Å². The Bertz CT molecular complexity index is 1210. The van der Waals surface area contributed by atoms with Gasteiger partial charge in [0.05, 0.1) is 11.4 Å². The molecule has 1 aliphatic heterocycles. The van der Waals surface area contributed by atoms with Gasteiger partial charge in [-0.3, -0.25) is 4.68 Å². The topological polar surface area (TPSA) is 99.4 Å². The summed E-state index contributed by atoms with van der Waals surface area (Å²) in [6.07, 6.45) is 2.49. The number of rotatable bonds is 4. The molecule has 1 aliphatic carbocycles. The number of piperazine rings is 1. The van der Waals surface area contributed by atoms with Crippen LogP contribution in [-0.2, 0) is 18.9 Å². The Morgan fingerprint density at radius 3 is 2.41 bits per heavy atom. The van der Waals surface area contributed by atoms with Crippen molar-refractivity contribution in [3.8, 4) is 11.4 Å². The van der Waals surface area contributed by atoms with Crippen molar-refractivity contribution in [2.75, 3.05) is 43.4 Å². The number of aromatic nitrogens is 4. The SMILES string of the molecule is CN1CCN(c2ccc(Nc3ncc4c(n3)-c3c(c(C(=O)O)nn3C)C(C)(C)C4)cc2)CC1.[KH]. The van der Waals surface area contributed by atoms with Crippen LogP contribution in [0.2, 0.25) is 0 Å². The Balaban J connectivity index is 0.00000274. The molecule has 0 radical (unpaired) electrons. The number of hydrogen-bond donors (Lipinski definition) is 2. The molecule has 0 unspecified atom stereocenters. The molecular weight excluding hydrogens is 457 g/mol. The molecule has 174 valence electrons. The number of carboxylic acid groups (broad SMARTS) is 1. The van der Waals surface area contributed by atoms with E-state index in [0.29, 0.717) is 12.4 Å². The van der Waals surface area contributed by atoms with Gasteiger partial charge in [0.15, 0.2) is 5.69 Å². The summed E-state index contributed by atoms with van der Waals surface area (Å²) in [5.74, 6) is -0.541. The van der Waals surface area contributed by atoms with Crippen LogP contribution in [-0.4, -0.2) is 120 Å². The first-order valence-electron chi connectivity index (χ1n) is 11.2. The van der Waals surface area contributed by atoms with Gasteiger partial charge in [-0.25, -0.2) is 14.8 Å². The monoisotopic (exact) mass is 487 g/mol. The van der Waals surface area contributed by atoms with E-state index in [9.17, 15) is 9.90 Å². The van der Waals surface area contributed by atoms with E-state index in [2.05, 4.69) is 44.4 Å². The number of hydrogen-bond acceptors (Lipinski definition) is 7. The second-order valence-electron chi connectivity index (χ2n) is 9.59. The molecule has 5 rings (SSSR count). The number of aryl methyl sites for hydroxylation is 1. The molecule has 9 nitrogen and oxygen atoms in total. The van der Waals surface area contributed by atoms with Crippen molar-refractivity contribution in [3.05, 3.63) is 47.3 Å². The van der Waals surface area contributed by atoms with Crippen LogP contribution >= 0.6 is 0 Å². The molecule has 3 heterocycles. The van der Waals surface area contributed by atoms with E-state index in [0.717, 1.165) is 54.4 Å². The van der Waals surface area contributed by atoms with Crippen LogP contribution in [0, 0.1) is 0 Å². The zero-order valence-corrected chi connectivity index (χ0v) is 19.5. The normalized spacial score (nSPS) is 16.9. The number of anilines is 3. The summed E-state index contributed by atoms with van der Waals surface area (Å²) in [6.45, 7) is 8.27. The molecule has 2 aromatic heterocycles. The summed E-state index contributed by atoms with van der Waals surface area (Å²) in [4.78, 5) is 25.9. The van der Waals surface area contributed by atoms with Gasteiger partial charge < -0.3 is 20.2 Å². The van der Waals surface area contributed by atoms with E-state index in [1.165, 1.54) is 5.69 Å². The summed E-state index contributed by atoms with van der Waals surface area (Å²) in [7, 11) is 3.92. The van der Waals surface area contributed by atoms with Gasteiger partial charge in [-0.05, 0) is 48.7 Å². The predicted molar refractivity (Wildman–Crippen MR) is 135 cm³/mol. The van der Waals surface area contributed by atoms with E-state index in [1.807, 2.05) is 32.2 Å². The Morgan fingerprint density at radius 1 is 1.09 bits per heavy atom. The molecule has 10 heteroatoms. The third-order valence-corrected chi connectivity index (χ3v) is 6.64. The van der Waals surface area contributed by atoms with E-state index in [4.69, 9.17) is 4.98 Å². The molecule has 0 bridgehead atoms. The first kappa shape index (κ1) is 25.3. The van der Waals surface area contributed by atoms with Crippen LogP contribution in [0.15, 0.2) is 30.5 Å². The number of aromatic carboxylic acids is 1. The van der Waals surface area contributed by atoms with Crippen LogP contribution in [0.1, 0.15) is 35.5 Å². The molecule has 3 aromatic rings. The van der Waals surface area contributed by atoms with E-state index in [-0.39, 0.29) is 62.5 Å². The zero-order valence-electron chi connectivity index (χ0n) is 19.5. The van der Waals surface area contributed by atoms with E-state index < -0.39 is 5.97 Å². The van der Waals surface area contributed by atoms with Crippen molar-refractivity contribution in [2.45, 2.75) is 25.7 Å². The second-order valence-corrected chi connectivity index (χ2v) is 9.59. The van der Waals surface area contributed by atoms with Gasteiger partial charge >= 0.3 is 57.4 Å². The number of nitrogens with one attached hydrogen (secondary N) is 1. The Labute approximate surface area is 242 Å². The van der Waals surface area contributed by atoms with Gasteiger partial charge in [0.25, 0.3) is 0 Å². The predicted octanol–water partition coefficient (Wildman–Crippen LogP) is 2.26. The quantitative estimate of drug-likeness (QED) is 0.541. The molecule has 2 aliphatic rings. The van der Waals surface area contributed by atoms with Crippen LogP contribution in [0.25, 0.3) is 11.4 Å². The minimum atomic E-state index is -1.02. The van der Waals surface area contributed by atoms with E-state index >= 15 is 0 Å². The third kappa shape index (κ3) is 4.67. The maximum atomic E-state index is 11.8. The summed E-state index contributed by atoms with van der Waals surface area (Å²) in [5, 5.41) is 17.3. The van der Waals surface area contributed by atoms with Crippen LogP contribution in [0.5, 0.6) is 0 Å². The minimum absolute atomic E-state index is 0. The summed E-state index contributed by atoms with van der Waals surface area (Å²) < 4.78 is 1.63. The molecule has 0 atom stereocenters. The average molecular weight is 488 g/mol. The Morgan fingerprint density at radius 2 is 1.76 bits per heavy atom. The molecule has 2 N–H and O–H groups in total. The first-order valence-corrected chi connectivity index (χ1v) is 11.2. The molecule has 0 amide bonds. The molecule has 0 saturated carbocycles. The maximum absolute atomic E-state index is 11.8. The number of carbonyl (C=O) groups is 1. The fraction of sp³-hybridized carbons (Fsp3) is 0.417. The zero-order chi connectivity index (χ0) is 23.3. The van der Waals surface area contributed by atoms with Gasteiger partial charge in [0, 0.05) is 56.4 Å². The van der Waals surface area contributed by atoms with Crippen molar-refractivity contribution in [1.82, 2.24) is 24.6 Å². The molecular formula is C24H30KN7O2. The fourth-order valence-electron chi connectivity index (χ4n) is 4.90. The number of likely N-dealkylation sites (N-methyl/N-ethyl adjacent to an activating group) is 1. The third-order valence-electron chi connectivity index (χ3n) is 6.64. The van der Waals surface area contributed by atoms with Crippen molar-refractivity contribution >= 4 is 74.7 Å². The summed E-state index contributed by atoms with van der Waals surface area (Å²) in [6, 6.07) is 8.31. The van der Waals surface area contributed by atoms with Gasteiger partial charge in [0.2, 0.25) is 5.95 Å². The van der Waals surface area contributed by atoms with Crippen molar-refractivity contribution in [3.63, 3.8) is 0 Å². The molecule has 1 aromatic carbocycles. The van der Waals surface area contributed by atoms with Crippen LogP contribution < -0.4 is 10.2 Å². The van der Waals surface area contributed by atoms with Crippen LogP contribution in [0.3, 0.4) is 0 Å². The Kier molecular flexibility index (Phi) is 7.19. The van der Waals surface area contributed by atoms with Crippen molar-refractivity contribution in [2.24, 2.45) is 7.05 Å². The number of benzene rings is 1. The van der Waals surface area contributed by atoms with Gasteiger partial charge in [-0.15, -0.1) is 0 Å². The van der Waals surface area contributed by atoms with Gasteiger partial charge in [0.1, 0.15) is 0 Å². The number of carboxylic acids is 1. The van der Waals surface area contributed by atoms with E-state index in [1.54, 1.807) is 11.7 Å². The Hall–Kier alpha value is -1.82. The van der Waals surface area contributed by atoms with Gasteiger partial charge in [-0.2, -0.15) is 5.10 Å². The van der Waals surface area contributed by atoms with Crippen molar-refractivity contribution in [1.29, 1.82) is 0 Å². The molecule has 1 saturated heterocycles. The second kappa shape index (κ2) is 9.67. The van der Waals surface area contributed by atoms with Crippen molar-refractivity contribution < 1.29 is 9.90 Å². The summed E-state index contributed by atoms with van der Waals surface area (Å²) in [5.41, 5.74) is 5.03. The summed E-state index contributed by atoms with van der Waals surface area (Å²) >= 11 is 0.